The van der Waals surface area contributed by atoms with Crippen LogP contribution in [0.2, 0.25) is 0 Å². The molecule has 0 heterocycles. The molecule has 176 valence electrons. The number of allylic oxidation sites excluding steroid dienone is 1. The van der Waals surface area contributed by atoms with Crippen molar-refractivity contribution in [3.63, 3.8) is 0 Å². The molecule has 4 aliphatic rings. The van der Waals surface area contributed by atoms with Crippen molar-refractivity contribution in [2.24, 2.45) is 34.5 Å². The Balaban J connectivity index is 1.27. The van der Waals surface area contributed by atoms with Crippen LogP contribution >= 0.6 is 0 Å². The molecule has 0 radical (unpaired) electrons. The van der Waals surface area contributed by atoms with Crippen LogP contribution in [-0.2, 0) is 14.3 Å². The topological polar surface area (TPSA) is 60.4 Å². The van der Waals surface area contributed by atoms with Crippen molar-refractivity contribution in [1.29, 1.82) is 0 Å². The van der Waals surface area contributed by atoms with Crippen LogP contribution in [0.4, 0.5) is 0 Å². The predicted molar refractivity (Wildman–Crippen MR) is 127 cm³/mol. The van der Waals surface area contributed by atoms with Gasteiger partial charge >= 0.3 is 5.97 Å². The summed E-state index contributed by atoms with van der Waals surface area (Å²) in [5.41, 5.74) is 3.12. The molecule has 0 bridgehead atoms. The van der Waals surface area contributed by atoms with Gasteiger partial charge in [-0.15, -0.1) is 0 Å². The fourth-order valence-electron chi connectivity index (χ4n) is 8.10. The summed E-state index contributed by atoms with van der Waals surface area (Å²) < 4.78 is 5.44. The first-order chi connectivity index (χ1) is 15.7. The average molecular weight is 449 g/mol. The van der Waals surface area contributed by atoms with Crippen molar-refractivity contribution in [1.82, 2.24) is 0 Å². The van der Waals surface area contributed by atoms with Gasteiger partial charge in [-0.25, -0.2) is 4.79 Å². The van der Waals surface area contributed by atoms with E-state index in [0.717, 1.165) is 50.5 Å². The summed E-state index contributed by atoms with van der Waals surface area (Å²) in [5.74, 6) is 1.75. The minimum absolute atomic E-state index is 0.00339. The Bertz CT molecular complexity index is 1000. The zero-order valence-electron chi connectivity index (χ0n) is 20.2. The van der Waals surface area contributed by atoms with E-state index in [1.165, 1.54) is 5.57 Å². The van der Waals surface area contributed by atoms with Gasteiger partial charge in [0, 0.05) is 12.3 Å². The number of aryl methyl sites for hydroxylation is 1. The maximum absolute atomic E-state index is 13.3. The summed E-state index contributed by atoms with van der Waals surface area (Å²) >= 11 is 0. The normalized spacial score (nSPS) is 37.4. The first kappa shape index (κ1) is 22.6. The highest BCUT2D eigenvalue weighted by molar-refractivity contribution is 5.92. The number of rotatable bonds is 4. The van der Waals surface area contributed by atoms with Crippen LogP contribution in [0, 0.1) is 41.4 Å². The van der Waals surface area contributed by atoms with Crippen molar-refractivity contribution in [2.45, 2.75) is 72.1 Å². The zero-order chi connectivity index (χ0) is 23.4. The molecule has 6 unspecified atom stereocenters. The molecule has 0 aliphatic heterocycles. The first-order valence-corrected chi connectivity index (χ1v) is 12.7. The van der Waals surface area contributed by atoms with Gasteiger partial charge in [-0.2, -0.15) is 0 Å². The zero-order valence-corrected chi connectivity index (χ0v) is 20.2. The molecule has 33 heavy (non-hydrogen) atoms. The van der Waals surface area contributed by atoms with Gasteiger partial charge in [-0.1, -0.05) is 37.1 Å². The van der Waals surface area contributed by atoms with Gasteiger partial charge in [-0.3, -0.25) is 9.59 Å². The fraction of sp³-hybridized carbons (Fsp3) is 0.621. The molecular weight excluding hydrogens is 412 g/mol. The summed E-state index contributed by atoms with van der Waals surface area (Å²) in [7, 11) is 0. The Hall–Kier alpha value is -2.23. The van der Waals surface area contributed by atoms with Crippen LogP contribution in [0.5, 0.6) is 0 Å². The minimum atomic E-state index is -0.418. The summed E-state index contributed by atoms with van der Waals surface area (Å²) in [6, 6.07) is 7.27. The third kappa shape index (κ3) is 3.70. The number of hydrogen-bond acceptors (Lipinski definition) is 4. The molecule has 4 heteroatoms. The monoisotopic (exact) mass is 448 g/mol. The van der Waals surface area contributed by atoms with Crippen LogP contribution in [0.1, 0.15) is 81.1 Å². The van der Waals surface area contributed by atoms with Crippen molar-refractivity contribution in [3.8, 4) is 0 Å². The lowest BCUT2D eigenvalue weighted by molar-refractivity contribution is -0.133. The highest BCUT2D eigenvalue weighted by Gasteiger charge is 2.60. The Morgan fingerprint density at radius 1 is 0.970 bits per heavy atom. The van der Waals surface area contributed by atoms with E-state index < -0.39 is 5.97 Å². The summed E-state index contributed by atoms with van der Waals surface area (Å²) in [4.78, 5) is 37.7. The van der Waals surface area contributed by atoms with Crippen LogP contribution in [0.15, 0.2) is 35.9 Å². The number of benzene rings is 1. The number of carbonyl (C=O) groups excluding carboxylic acids is 3. The number of fused-ring (bicyclic) bond motifs is 5. The molecule has 4 aliphatic carbocycles. The number of Topliss-reactive ketones (excluding diaryl/α,β-unsaturated/α-hetero) is 1. The minimum Gasteiger partial charge on any atom is -0.454 e. The van der Waals surface area contributed by atoms with Gasteiger partial charge in [-0.05, 0) is 98.7 Å². The molecular formula is C29H36O4. The van der Waals surface area contributed by atoms with Crippen LogP contribution in [0.3, 0.4) is 0 Å². The van der Waals surface area contributed by atoms with Gasteiger partial charge in [0.05, 0.1) is 5.56 Å². The third-order valence-electron chi connectivity index (χ3n) is 9.98. The fourth-order valence-corrected chi connectivity index (χ4v) is 8.10. The molecule has 3 fully saturated rings. The molecule has 0 saturated heterocycles. The molecule has 6 atom stereocenters. The lowest BCUT2D eigenvalue weighted by atomic mass is 9.46. The maximum atomic E-state index is 13.3. The van der Waals surface area contributed by atoms with E-state index in [1.807, 2.05) is 25.1 Å². The van der Waals surface area contributed by atoms with Crippen LogP contribution in [0.25, 0.3) is 0 Å². The smallest absolute Gasteiger partial charge is 0.338 e. The Kier molecular flexibility index (Phi) is 5.61. The highest BCUT2D eigenvalue weighted by atomic mass is 16.5. The van der Waals surface area contributed by atoms with Crippen LogP contribution < -0.4 is 0 Å². The quantitative estimate of drug-likeness (QED) is 0.541. The largest absolute Gasteiger partial charge is 0.454 e. The van der Waals surface area contributed by atoms with Gasteiger partial charge in [0.25, 0.3) is 0 Å². The lowest BCUT2D eigenvalue weighted by Gasteiger charge is -2.58. The highest BCUT2D eigenvalue weighted by Crippen LogP contribution is 2.66. The molecule has 1 aromatic carbocycles. The summed E-state index contributed by atoms with van der Waals surface area (Å²) in [6.45, 7) is 6.57. The lowest BCUT2D eigenvalue weighted by Crippen LogP contribution is -2.51. The second-order valence-corrected chi connectivity index (χ2v) is 11.6. The molecule has 0 N–H and O–H groups in total. The van der Waals surface area contributed by atoms with Crippen molar-refractivity contribution in [2.75, 3.05) is 6.61 Å². The van der Waals surface area contributed by atoms with Crippen molar-refractivity contribution >= 4 is 17.5 Å². The molecule has 0 aromatic heterocycles. The molecule has 5 rings (SSSR count). The van der Waals surface area contributed by atoms with Gasteiger partial charge in [0.15, 0.2) is 18.2 Å². The second kappa shape index (κ2) is 8.21. The third-order valence-corrected chi connectivity index (χ3v) is 9.98. The molecule has 3 saturated carbocycles. The molecule has 1 aromatic rings. The number of carbonyl (C=O) groups is 3. The Morgan fingerprint density at radius 2 is 1.73 bits per heavy atom. The molecule has 4 nitrogen and oxygen atoms in total. The van der Waals surface area contributed by atoms with Gasteiger partial charge < -0.3 is 4.74 Å². The Morgan fingerprint density at radius 3 is 2.48 bits per heavy atom. The van der Waals surface area contributed by atoms with Gasteiger partial charge in [0.2, 0.25) is 0 Å². The Labute approximate surface area is 197 Å². The number of ether oxygens (including phenoxy) is 1. The van der Waals surface area contributed by atoms with E-state index in [2.05, 4.69) is 13.8 Å². The van der Waals surface area contributed by atoms with E-state index in [1.54, 1.807) is 12.1 Å². The van der Waals surface area contributed by atoms with Crippen molar-refractivity contribution in [3.05, 3.63) is 47.0 Å². The van der Waals surface area contributed by atoms with Gasteiger partial charge in [0.1, 0.15) is 0 Å². The number of esters is 1. The van der Waals surface area contributed by atoms with E-state index >= 15 is 0 Å². The maximum Gasteiger partial charge on any atom is 0.338 e. The predicted octanol–water partition coefficient (Wildman–Crippen LogP) is 5.87. The number of hydrogen-bond donors (Lipinski definition) is 0. The average Bonchev–Trinajstić information content (AvgIpc) is 3.15. The van der Waals surface area contributed by atoms with E-state index in [0.29, 0.717) is 35.5 Å². The number of ketones is 2. The first-order valence-electron chi connectivity index (χ1n) is 12.7. The second-order valence-electron chi connectivity index (χ2n) is 11.6. The standard InChI is InChI=1S/C29H36O4/c1-18-4-6-19(7-5-18)27(32)33-17-26(31)25-11-10-23-22-9-8-20-16-21(30)12-14-28(20,2)24(22)13-15-29(23,25)3/h4-7,16,22-25H,8-15,17H2,1-3H3. The SMILES string of the molecule is Cc1ccc(C(=O)OCC(=O)C2CCC3C4CCC5=CC(=O)CCC5(C)C4CCC23C)cc1. The van der Waals surface area contributed by atoms with E-state index in [-0.39, 0.29) is 29.1 Å². The summed E-state index contributed by atoms with van der Waals surface area (Å²) in [6.07, 6.45) is 9.97. The van der Waals surface area contributed by atoms with E-state index in [4.69, 9.17) is 4.74 Å². The molecule has 0 spiro atoms. The molecule has 0 amide bonds. The van der Waals surface area contributed by atoms with E-state index in [9.17, 15) is 14.4 Å². The van der Waals surface area contributed by atoms with Crippen molar-refractivity contribution < 1.29 is 19.1 Å². The summed E-state index contributed by atoms with van der Waals surface area (Å²) in [5, 5.41) is 0. The van der Waals surface area contributed by atoms with Crippen LogP contribution in [-0.4, -0.2) is 24.1 Å².